The van der Waals surface area contributed by atoms with E-state index in [1.807, 2.05) is 18.1 Å². The molecule has 23 heavy (non-hydrogen) atoms. The van der Waals surface area contributed by atoms with E-state index < -0.39 is 0 Å². The molecule has 132 valence electrons. The summed E-state index contributed by atoms with van der Waals surface area (Å²) >= 11 is 0. The second-order valence-electron chi connectivity index (χ2n) is 6.56. The van der Waals surface area contributed by atoms with Gasteiger partial charge in [-0.15, -0.1) is 0 Å². The number of carbonyl (C=O) groups excluding carboxylic acids is 1. The largest absolute Gasteiger partial charge is 0.351 e. The molecule has 1 heterocycles. The minimum absolute atomic E-state index is 0.226. The predicted octanol–water partition coefficient (Wildman–Crippen LogP) is 4.72. The van der Waals surface area contributed by atoms with Crippen molar-refractivity contribution < 1.29 is 4.79 Å². The highest BCUT2D eigenvalue weighted by Gasteiger charge is 2.08. The molecule has 0 radical (unpaired) electrons. The summed E-state index contributed by atoms with van der Waals surface area (Å²) in [5, 5.41) is 0. The first-order valence-electron chi connectivity index (χ1n) is 9.45. The van der Waals surface area contributed by atoms with Gasteiger partial charge in [-0.25, -0.2) is 4.98 Å². The van der Waals surface area contributed by atoms with Crippen LogP contribution in [0.3, 0.4) is 0 Å². The second-order valence-corrected chi connectivity index (χ2v) is 6.56. The van der Waals surface area contributed by atoms with Gasteiger partial charge in [0, 0.05) is 26.2 Å². The summed E-state index contributed by atoms with van der Waals surface area (Å²) in [6, 6.07) is 0. The average Bonchev–Trinajstić information content (AvgIpc) is 3.07. The SMILES string of the molecule is CCCCCCCCCCCCN(C)C(=O)CCc1c[nH]cn1. The third-order valence-corrected chi connectivity index (χ3v) is 4.42. The van der Waals surface area contributed by atoms with E-state index in [1.54, 1.807) is 6.33 Å². The van der Waals surface area contributed by atoms with Crippen LogP contribution in [0.15, 0.2) is 12.5 Å². The lowest BCUT2D eigenvalue weighted by Crippen LogP contribution is -2.27. The van der Waals surface area contributed by atoms with Crippen LogP contribution in [-0.4, -0.2) is 34.4 Å². The van der Waals surface area contributed by atoms with Gasteiger partial charge in [0.1, 0.15) is 0 Å². The maximum atomic E-state index is 12.0. The van der Waals surface area contributed by atoms with Gasteiger partial charge in [-0.2, -0.15) is 0 Å². The van der Waals surface area contributed by atoms with Crippen molar-refractivity contribution in [3.8, 4) is 0 Å². The zero-order valence-electron chi connectivity index (χ0n) is 15.1. The molecule has 0 fully saturated rings. The minimum atomic E-state index is 0.226. The van der Waals surface area contributed by atoms with E-state index in [9.17, 15) is 4.79 Å². The van der Waals surface area contributed by atoms with Crippen LogP contribution < -0.4 is 0 Å². The van der Waals surface area contributed by atoms with Crippen LogP contribution in [0.2, 0.25) is 0 Å². The molecule has 0 aliphatic rings. The number of unbranched alkanes of at least 4 members (excludes halogenated alkanes) is 9. The van der Waals surface area contributed by atoms with Gasteiger partial charge >= 0.3 is 0 Å². The van der Waals surface area contributed by atoms with Crippen molar-refractivity contribution in [3.63, 3.8) is 0 Å². The lowest BCUT2D eigenvalue weighted by molar-refractivity contribution is -0.129. The molecule has 0 aliphatic heterocycles. The number of carbonyl (C=O) groups is 1. The lowest BCUT2D eigenvalue weighted by atomic mass is 10.1. The third-order valence-electron chi connectivity index (χ3n) is 4.42. The predicted molar refractivity (Wildman–Crippen MR) is 96.4 cm³/mol. The average molecular weight is 322 g/mol. The molecule has 1 amide bonds. The molecule has 0 saturated heterocycles. The fraction of sp³-hybridized carbons (Fsp3) is 0.789. The summed E-state index contributed by atoms with van der Waals surface area (Å²) in [6.07, 6.45) is 18.1. The number of amides is 1. The normalized spacial score (nSPS) is 10.9. The van der Waals surface area contributed by atoms with E-state index in [0.29, 0.717) is 6.42 Å². The van der Waals surface area contributed by atoms with Crippen LogP contribution >= 0.6 is 0 Å². The summed E-state index contributed by atoms with van der Waals surface area (Å²) in [4.78, 5) is 21.0. The van der Waals surface area contributed by atoms with Crippen LogP contribution in [0.25, 0.3) is 0 Å². The molecule has 0 unspecified atom stereocenters. The number of hydrogen-bond acceptors (Lipinski definition) is 2. The Kier molecular flexibility index (Phi) is 11.3. The molecule has 1 aromatic rings. The molecule has 0 bridgehead atoms. The first-order valence-corrected chi connectivity index (χ1v) is 9.45. The van der Waals surface area contributed by atoms with E-state index >= 15 is 0 Å². The number of hydrogen-bond donors (Lipinski definition) is 1. The van der Waals surface area contributed by atoms with Crippen LogP contribution in [0, 0.1) is 0 Å². The summed E-state index contributed by atoms with van der Waals surface area (Å²) < 4.78 is 0. The molecule has 4 heteroatoms. The highest BCUT2D eigenvalue weighted by atomic mass is 16.2. The van der Waals surface area contributed by atoms with Crippen LogP contribution in [0.5, 0.6) is 0 Å². The van der Waals surface area contributed by atoms with Crippen molar-refractivity contribution in [2.24, 2.45) is 0 Å². The zero-order valence-corrected chi connectivity index (χ0v) is 15.1. The summed E-state index contributed by atoms with van der Waals surface area (Å²) in [5.41, 5.74) is 0.964. The molecular weight excluding hydrogens is 286 g/mol. The molecule has 0 atom stereocenters. The number of imidazole rings is 1. The van der Waals surface area contributed by atoms with Crippen molar-refractivity contribution in [2.45, 2.75) is 84.0 Å². The Labute approximate surface area is 142 Å². The van der Waals surface area contributed by atoms with E-state index in [1.165, 1.54) is 57.8 Å². The smallest absolute Gasteiger partial charge is 0.222 e. The summed E-state index contributed by atoms with van der Waals surface area (Å²) in [6.45, 7) is 3.15. The fourth-order valence-electron chi connectivity index (χ4n) is 2.81. The summed E-state index contributed by atoms with van der Waals surface area (Å²) in [7, 11) is 1.92. The molecular formula is C19H35N3O. The summed E-state index contributed by atoms with van der Waals surface area (Å²) in [5.74, 6) is 0.226. The minimum Gasteiger partial charge on any atom is -0.351 e. The lowest BCUT2D eigenvalue weighted by Gasteiger charge is -2.16. The number of aromatic nitrogens is 2. The van der Waals surface area contributed by atoms with Crippen molar-refractivity contribution in [3.05, 3.63) is 18.2 Å². The highest BCUT2D eigenvalue weighted by Crippen LogP contribution is 2.11. The number of nitrogens with one attached hydrogen (secondary N) is 1. The van der Waals surface area contributed by atoms with E-state index in [4.69, 9.17) is 0 Å². The first kappa shape index (κ1) is 19.7. The molecule has 1 rings (SSSR count). The van der Waals surface area contributed by atoms with Gasteiger partial charge in [0.05, 0.1) is 12.0 Å². The second kappa shape index (κ2) is 13.1. The Balaban J connectivity index is 1.91. The Hall–Kier alpha value is -1.32. The Bertz CT molecular complexity index is 389. The van der Waals surface area contributed by atoms with Gasteiger partial charge in [0.2, 0.25) is 5.91 Å². The van der Waals surface area contributed by atoms with Gasteiger partial charge in [0.15, 0.2) is 0 Å². The van der Waals surface area contributed by atoms with Crippen molar-refractivity contribution in [1.82, 2.24) is 14.9 Å². The Morgan fingerprint density at radius 3 is 2.22 bits per heavy atom. The number of nitrogens with zero attached hydrogens (tertiary/aromatic N) is 2. The van der Waals surface area contributed by atoms with Gasteiger partial charge < -0.3 is 9.88 Å². The quantitative estimate of drug-likeness (QED) is 0.504. The molecule has 1 aromatic heterocycles. The number of aromatic amines is 1. The van der Waals surface area contributed by atoms with Gasteiger partial charge in [-0.3, -0.25) is 4.79 Å². The fourth-order valence-corrected chi connectivity index (χ4v) is 2.81. The maximum Gasteiger partial charge on any atom is 0.222 e. The Morgan fingerprint density at radius 2 is 1.65 bits per heavy atom. The topological polar surface area (TPSA) is 49.0 Å². The van der Waals surface area contributed by atoms with Crippen molar-refractivity contribution >= 4 is 5.91 Å². The molecule has 0 spiro atoms. The number of rotatable bonds is 14. The standard InChI is InChI=1S/C19H35N3O/c1-3-4-5-6-7-8-9-10-11-12-15-22(2)19(23)14-13-18-16-20-17-21-18/h16-17H,3-15H2,1-2H3,(H,20,21). The Morgan fingerprint density at radius 1 is 1.04 bits per heavy atom. The molecule has 4 nitrogen and oxygen atoms in total. The van der Waals surface area contributed by atoms with Crippen molar-refractivity contribution in [1.29, 1.82) is 0 Å². The highest BCUT2D eigenvalue weighted by molar-refractivity contribution is 5.76. The van der Waals surface area contributed by atoms with Crippen molar-refractivity contribution in [2.75, 3.05) is 13.6 Å². The van der Waals surface area contributed by atoms with Crippen LogP contribution in [-0.2, 0) is 11.2 Å². The molecule has 0 aromatic carbocycles. The maximum absolute atomic E-state index is 12.0. The third kappa shape index (κ3) is 10.1. The van der Waals surface area contributed by atoms with Gasteiger partial charge in [-0.05, 0) is 12.8 Å². The van der Waals surface area contributed by atoms with E-state index in [0.717, 1.165) is 25.1 Å². The van der Waals surface area contributed by atoms with Gasteiger partial charge in [-0.1, -0.05) is 64.7 Å². The van der Waals surface area contributed by atoms with Crippen LogP contribution in [0.4, 0.5) is 0 Å². The van der Waals surface area contributed by atoms with E-state index in [2.05, 4.69) is 16.9 Å². The molecule has 0 aliphatic carbocycles. The first-order chi connectivity index (χ1) is 11.2. The van der Waals surface area contributed by atoms with Gasteiger partial charge in [0.25, 0.3) is 0 Å². The molecule has 1 N–H and O–H groups in total. The van der Waals surface area contributed by atoms with Crippen LogP contribution in [0.1, 0.15) is 83.2 Å². The monoisotopic (exact) mass is 321 g/mol. The van der Waals surface area contributed by atoms with E-state index in [-0.39, 0.29) is 5.91 Å². The number of H-pyrrole nitrogens is 1. The molecule has 0 saturated carbocycles. The zero-order chi connectivity index (χ0) is 16.8. The number of aryl methyl sites for hydroxylation is 1.